The lowest BCUT2D eigenvalue weighted by Gasteiger charge is -2.35. The molecule has 2 nitrogen and oxygen atoms in total. The molecule has 2 aliphatic rings. The zero-order valence-electron chi connectivity index (χ0n) is 10.8. The van der Waals surface area contributed by atoms with Crippen LogP contribution in [0.2, 0.25) is 0 Å². The minimum Gasteiger partial charge on any atom is -0.359 e. The predicted molar refractivity (Wildman–Crippen MR) is 69.2 cm³/mol. The van der Waals surface area contributed by atoms with Gasteiger partial charge in [0.2, 0.25) is 0 Å². The van der Waals surface area contributed by atoms with Gasteiger partial charge >= 0.3 is 12.3 Å². The minimum absolute atomic E-state index is 0.0594. The van der Waals surface area contributed by atoms with Crippen molar-refractivity contribution in [3.63, 3.8) is 0 Å². The van der Waals surface area contributed by atoms with Gasteiger partial charge < -0.3 is 5.32 Å². The van der Waals surface area contributed by atoms with Gasteiger partial charge in [-0.1, -0.05) is 18.7 Å². The average Bonchev–Trinajstić information content (AvgIpc) is 2.75. The Balaban J connectivity index is 1.91. The number of hydrogen-bond acceptors (Lipinski definition) is 2. The van der Waals surface area contributed by atoms with Gasteiger partial charge in [0.1, 0.15) is 6.54 Å². The van der Waals surface area contributed by atoms with Crippen LogP contribution in [-0.4, -0.2) is 35.4 Å². The van der Waals surface area contributed by atoms with Gasteiger partial charge in [0, 0.05) is 11.3 Å². The molecule has 1 aliphatic carbocycles. The van der Waals surface area contributed by atoms with E-state index in [0.717, 1.165) is 31.4 Å². The van der Waals surface area contributed by atoms with E-state index in [1.165, 1.54) is 11.8 Å². The molecule has 1 saturated carbocycles. The zero-order chi connectivity index (χ0) is 14.1. The lowest BCUT2D eigenvalue weighted by molar-refractivity contribution is -0.119. The first-order valence-corrected chi connectivity index (χ1v) is 7.43. The van der Waals surface area contributed by atoms with E-state index in [0.29, 0.717) is 11.1 Å². The molecule has 0 amide bonds. The van der Waals surface area contributed by atoms with Crippen molar-refractivity contribution in [3.05, 3.63) is 0 Å². The molecule has 0 radical (unpaired) electrons. The lowest BCUT2D eigenvalue weighted by atomic mass is 9.78. The first-order valence-electron chi connectivity index (χ1n) is 6.44. The molecule has 1 aliphatic heterocycles. The summed E-state index contributed by atoms with van der Waals surface area (Å²) in [7, 11) is 0. The van der Waals surface area contributed by atoms with Gasteiger partial charge in [-0.05, 0) is 31.6 Å². The van der Waals surface area contributed by atoms with Gasteiger partial charge in [0.25, 0.3) is 0 Å². The van der Waals surface area contributed by atoms with Crippen LogP contribution in [0.25, 0.3) is 0 Å². The van der Waals surface area contributed by atoms with Crippen LogP contribution in [0, 0.1) is 5.92 Å². The van der Waals surface area contributed by atoms with Crippen molar-refractivity contribution < 1.29 is 17.6 Å². The van der Waals surface area contributed by atoms with Crippen molar-refractivity contribution >= 4 is 16.9 Å². The molecule has 7 heteroatoms. The minimum atomic E-state index is -4.04. The lowest BCUT2D eigenvalue weighted by Crippen LogP contribution is -2.46. The summed E-state index contributed by atoms with van der Waals surface area (Å²) in [6, 6.07) is 0. The number of nitrogens with one attached hydrogen (secondary N) is 1. The van der Waals surface area contributed by atoms with E-state index in [1.54, 1.807) is 0 Å². The first kappa shape index (κ1) is 14.9. The number of alkyl halides is 4. The summed E-state index contributed by atoms with van der Waals surface area (Å²) in [5, 5.41) is 3.56. The fourth-order valence-corrected chi connectivity index (χ4v) is 3.64. The maximum Gasteiger partial charge on any atom is 0.326 e. The fourth-order valence-electron chi connectivity index (χ4n) is 2.42. The van der Waals surface area contributed by atoms with Crippen molar-refractivity contribution in [1.82, 2.24) is 5.32 Å². The van der Waals surface area contributed by atoms with Gasteiger partial charge in [-0.15, -0.1) is 0 Å². The average molecular weight is 298 g/mol. The first-order chi connectivity index (χ1) is 8.83. The van der Waals surface area contributed by atoms with Gasteiger partial charge in [-0.3, -0.25) is 4.99 Å². The normalized spacial score (nSPS) is 34.2. The second-order valence-corrected chi connectivity index (χ2v) is 6.52. The summed E-state index contributed by atoms with van der Waals surface area (Å²) in [6.45, 7) is 1.06. The Kier molecular flexibility index (Phi) is 4.32. The Labute approximate surface area is 114 Å². The molecule has 1 saturated heterocycles. The van der Waals surface area contributed by atoms with E-state index in [1.807, 2.05) is 0 Å². The number of amidine groups is 1. The van der Waals surface area contributed by atoms with Crippen molar-refractivity contribution in [3.8, 4) is 0 Å². The molecule has 0 aromatic carbocycles. The van der Waals surface area contributed by atoms with E-state index in [-0.39, 0.29) is 5.54 Å². The third-order valence-electron chi connectivity index (χ3n) is 3.84. The number of aliphatic imine (C=N–C) groups is 1. The number of thioether (sulfide) groups is 1. The highest BCUT2D eigenvalue weighted by Gasteiger charge is 2.42. The van der Waals surface area contributed by atoms with Crippen molar-refractivity contribution in [1.29, 1.82) is 0 Å². The van der Waals surface area contributed by atoms with Crippen LogP contribution in [-0.2, 0) is 0 Å². The van der Waals surface area contributed by atoms with Crippen molar-refractivity contribution in [2.24, 2.45) is 10.9 Å². The second-order valence-electron chi connectivity index (χ2n) is 5.56. The Hall–Kier alpha value is -0.460. The molecule has 2 fully saturated rings. The molecule has 1 spiro atoms. The van der Waals surface area contributed by atoms with E-state index >= 15 is 0 Å². The van der Waals surface area contributed by atoms with Crippen LogP contribution >= 0.6 is 11.8 Å². The Morgan fingerprint density at radius 3 is 2.63 bits per heavy atom. The highest BCUT2D eigenvalue weighted by Crippen LogP contribution is 2.38. The predicted octanol–water partition coefficient (Wildman–Crippen LogP) is 3.53. The highest BCUT2D eigenvalue weighted by molar-refractivity contribution is 8.14. The molecule has 0 unspecified atom stereocenters. The SMILES string of the molecule is CC1CCC2(CC1)CSC(=NCC(F)(F)C(F)F)N2. The number of halogens is 4. The van der Waals surface area contributed by atoms with Crippen LogP contribution in [0.3, 0.4) is 0 Å². The maximum absolute atomic E-state index is 12.8. The Morgan fingerprint density at radius 2 is 2.05 bits per heavy atom. The fraction of sp³-hybridized carbons (Fsp3) is 0.917. The van der Waals surface area contributed by atoms with Crippen LogP contribution in [0.4, 0.5) is 17.6 Å². The van der Waals surface area contributed by atoms with Gasteiger partial charge in [-0.25, -0.2) is 8.78 Å². The third-order valence-corrected chi connectivity index (χ3v) is 5.04. The van der Waals surface area contributed by atoms with Crippen LogP contribution in [0.5, 0.6) is 0 Å². The summed E-state index contributed by atoms with van der Waals surface area (Å²) < 4.78 is 49.6. The smallest absolute Gasteiger partial charge is 0.326 e. The van der Waals surface area contributed by atoms with Crippen LogP contribution in [0.15, 0.2) is 4.99 Å². The highest BCUT2D eigenvalue weighted by atomic mass is 32.2. The largest absolute Gasteiger partial charge is 0.359 e. The van der Waals surface area contributed by atoms with Gasteiger partial charge in [0.05, 0.1) is 0 Å². The number of nitrogens with zero attached hydrogens (tertiary/aromatic N) is 1. The molecule has 1 N–H and O–H groups in total. The standard InChI is InChI=1S/C12H18F4N2S/c1-8-2-4-11(5-3-8)7-19-10(18-11)17-6-12(15,16)9(13)14/h8-9H,2-7H2,1H3,(H,17,18). The van der Waals surface area contributed by atoms with Crippen molar-refractivity contribution in [2.45, 2.75) is 50.5 Å². The van der Waals surface area contributed by atoms with E-state index < -0.39 is 18.9 Å². The second kappa shape index (κ2) is 5.50. The molecule has 0 aromatic heterocycles. The van der Waals surface area contributed by atoms with Crippen LogP contribution in [0.1, 0.15) is 32.6 Å². The maximum atomic E-state index is 12.8. The molecule has 110 valence electrons. The summed E-state index contributed by atoms with van der Waals surface area (Å²) in [4.78, 5) is 3.62. The topological polar surface area (TPSA) is 24.4 Å². The van der Waals surface area contributed by atoms with Crippen LogP contribution < -0.4 is 5.32 Å². The molecular weight excluding hydrogens is 280 g/mol. The molecular formula is C12H18F4N2S. The molecule has 0 atom stereocenters. The van der Waals surface area contributed by atoms with E-state index in [9.17, 15) is 17.6 Å². The summed E-state index contributed by atoms with van der Waals surface area (Å²) in [5.74, 6) is -2.55. The molecule has 2 rings (SSSR count). The van der Waals surface area contributed by atoms with Crippen molar-refractivity contribution in [2.75, 3.05) is 12.3 Å². The quantitative estimate of drug-likeness (QED) is 0.806. The molecule has 19 heavy (non-hydrogen) atoms. The Morgan fingerprint density at radius 1 is 1.42 bits per heavy atom. The zero-order valence-corrected chi connectivity index (χ0v) is 11.6. The number of rotatable bonds is 3. The molecule has 0 bridgehead atoms. The van der Waals surface area contributed by atoms with E-state index in [2.05, 4.69) is 17.2 Å². The summed E-state index contributed by atoms with van der Waals surface area (Å²) >= 11 is 1.36. The Bertz CT molecular complexity index is 352. The number of hydrogen-bond donors (Lipinski definition) is 1. The van der Waals surface area contributed by atoms with Gasteiger partial charge in [0.15, 0.2) is 5.17 Å². The molecule has 1 heterocycles. The van der Waals surface area contributed by atoms with Gasteiger partial charge in [-0.2, -0.15) is 8.78 Å². The molecule has 0 aromatic rings. The van der Waals surface area contributed by atoms with E-state index in [4.69, 9.17) is 0 Å². The summed E-state index contributed by atoms with van der Waals surface area (Å²) in [5.41, 5.74) is -0.0594. The summed E-state index contributed by atoms with van der Waals surface area (Å²) in [6.07, 6.45) is 0.534. The monoisotopic (exact) mass is 298 g/mol. The third kappa shape index (κ3) is 3.55.